The number of benzene rings is 1. The molecule has 2 aliphatic rings. The number of hydrogen-bond acceptors (Lipinski definition) is 4. The van der Waals surface area contributed by atoms with Gasteiger partial charge < -0.3 is 9.84 Å². The van der Waals surface area contributed by atoms with Crippen molar-refractivity contribution in [3.05, 3.63) is 23.8 Å². The highest BCUT2D eigenvalue weighted by molar-refractivity contribution is 7.89. The first-order chi connectivity index (χ1) is 9.56. The lowest BCUT2D eigenvalue weighted by atomic mass is 10.1. The SMILES string of the molecule is O=S(=O)(N[C@@H]1CCC[C@H]1O)c1ccc2c(c1)CCCO2. The first kappa shape index (κ1) is 13.9. The number of ether oxygens (including phenoxy) is 1. The Labute approximate surface area is 119 Å². The van der Waals surface area contributed by atoms with Gasteiger partial charge in [-0.1, -0.05) is 0 Å². The molecule has 1 aliphatic heterocycles. The molecular weight excluding hydrogens is 278 g/mol. The first-order valence-corrected chi connectivity index (χ1v) is 8.51. The predicted octanol–water partition coefficient (Wildman–Crippen LogP) is 1.20. The Morgan fingerprint density at radius 2 is 2.10 bits per heavy atom. The summed E-state index contributed by atoms with van der Waals surface area (Å²) >= 11 is 0. The van der Waals surface area contributed by atoms with Gasteiger partial charge in [-0.05, 0) is 55.9 Å². The van der Waals surface area contributed by atoms with Gasteiger partial charge in [0.15, 0.2) is 0 Å². The number of fused-ring (bicyclic) bond motifs is 1. The molecule has 3 rings (SSSR count). The molecule has 1 aliphatic carbocycles. The van der Waals surface area contributed by atoms with Crippen LogP contribution in [0.1, 0.15) is 31.2 Å². The van der Waals surface area contributed by atoms with Crippen molar-refractivity contribution in [2.24, 2.45) is 0 Å². The maximum Gasteiger partial charge on any atom is 0.240 e. The van der Waals surface area contributed by atoms with Crippen LogP contribution in [-0.4, -0.2) is 32.3 Å². The Morgan fingerprint density at radius 3 is 2.85 bits per heavy atom. The highest BCUT2D eigenvalue weighted by atomic mass is 32.2. The van der Waals surface area contributed by atoms with E-state index in [-0.39, 0.29) is 10.9 Å². The topological polar surface area (TPSA) is 75.6 Å². The van der Waals surface area contributed by atoms with E-state index >= 15 is 0 Å². The molecule has 6 heteroatoms. The lowest BCUT2D eigenvalue weighted by molar-refractivity contribution is 0.159. The van der Waals surface area contributed by atoms with Crippen LogP contribution in [0.25, 0.3) is 0 Å². The van der Waals surface area contributed by atoms with Gasteiger partial charge in [0.2, 0.25) is 10.0 Å². The molecule has 0 spiro atoms. The van der Waals surface area contributed by atoms with E-state index in [0.29, 0.717) is 19.4 Å². The number of hydrogen-bond donors (Lipinski definition) is 2. The summed E-state index contributed by atoms with van der Waals surface area (Å²) < 4.78 is 32.8. The summed E-state index contributed by atoms with van der Waals surface area (Å²) in [5.74, 6) is 0.774. The van der Waals surface area contributed by atoms with E-state index in [1.165, 1.54) is 0 Å². The molecule has 1 aromatic rings. The van der Waals surface area contributed by atoms with Crippen molar-refractivity contribution in [3.63, 3.8) is 0 Å². The van der Waals surface area contributed by atoms with Crippen LogP contribution >= 0.6 is 0 Å². The minimum Gasteiger partial charge on any atom is -0.493 e. The number of rotatable bonds is 3. The number of aryl methyl sites for hydroxylation is 1. The molecule has 1 saturated carbocycles. The van der Waals surface area contributed by atoms with Crippen LogP contribution < -0.4 is 9.46 Å². The van der Waals surface area contributed by atoms with Crippen molar-refractivity contribution in [1.29, 1.82) is 0 Å². The molecule has 0 saturated heterocycles. The minimum absolute atomic E-state index is 0.251. The molecule has 0 radical (unpaired) electrons. The fourth-order valence-corrected chi connectivity index (χ4v) is 4.20. The standard InChI is InChI=1S/C14H19NO4S/c16-13-5-1-4-12(13)15-20(17,18)11-6-7-14-10(9-11)3-2-8-19-14/h6-7,9,12-13,15-16H,1-5,8H2/t12-,13-/m1/s1. The average molecular weight is 297 g/mol. The zero-order chi connectivity index (χ0) is 14.2. The maximum absolute atomic E-state index is 12.4. The molecule has 20 heavy (non-hydrogen) atoms. The van der Waals surface area contributed by atoms with E-state index in [2.05, 4.69) is 4.72 Å². The van der Waals surface area contributed by atoms with Gasteiger partial charge in [-0.25, -0.2) is 13.1 Å². The molecule has 0 amide bonds. The van der Waals surface area contributed by atoms with Crippen LogP contribution in [0.2, 0.25) is 0 Å². The Morgan fingerprint density at radius 1 is 1.25 bits per heavy atom. The minimum atomic E-state index is -3.58. The number of aliphatic hydroxyl groups is 1. The average Bonchev–Trinajstić information content (AvgIpc) is 2.83. The third kappa shape index (κ3) is 2.68. The van der Waals surface area contributed by atoms with E-state index in [9.17, 15) is 13.5 Å². The normalized spacial score (nSPS) is 26.1. The van der Waals surface area contributed by atoms with Crippen molar-refractivity contribution in [1.82, 2.24) is 4.72 Å². The van der Waals surface area contributed by atoms with E-state index in [1.807, 2.05) is 0 Å². The number of aliphatic hydroxyl groups excluding tert-OH is 1. The molecule has 2 N–H and O–H groups in total. The second-order valence-corrected chi connectivity index (χ2v) is 7.16. The van der Waals surface area contributed by atoms with Gasteiger partial charge in [0.1, 0.15) is 5.75 Å². The largest absolute Gasteiger partial charge is 0.493 e. The Hall–Kier alpha value is -1.11. The molecule has 2 atom stereocenters. The summed E-state index contributed by atoms with van der Waals surface area (Å²) in [5, 5.41) is 9.74. The highest BCUT2D eigenvalue weighted by Crippen LogP contribution is 2.28. The summed E-state index contributed by atoms with van der Waals surface area (Å²) in [6, 6.07) is 4.59. The molecule has 1 heterocycles. The summed E-state index contributed by atoms with van der Waals surface area (Å²) in [6.07, 6.45) is 3.37. The van der Waals surface area contributed by atoms with Gasteiger partial charge in [0, 0.05) is 6.04 Å². The lowest BCUT2D eigenvalue weighted by Crippen LogP contribution is -2.39. The zero-order valence-corrected chi connectivity index (χ0v) is 12.0. The molecule has 0 aromatic heterocycles. The third-order valence-corrected chi connectivity index (χ3v) is 5.46. The molecule has 5 nitrogen and oxygen atoms in total. The Balaban J connectivity index is 1.83. The van der Waals surface area contributed by atoms with Crippen molar-refractivity contribution in [2.75, 3.05) is 6.61 Å². The summed E-state index contributed by atoms with van der Waals surface area (Å²) in [4.78, 5) is 0.251. The van der Waals surface area contributed by atoms with Crippen molar-refractivity contribution in [2.45, 2.75) is 49.1 Å². The monoisotopic (exact) mass is 297 g/mol. The van der Waals surface area contributed by atoms with Gasteiger partial charge in [0.05, 0.1) is 17.6 Å². The van der Waals surface area contributed by atoms with Gasteiger partial charge >= 0.3 is 0 Å². The van der Waals surface area contributed by atoms with Crippen molar-refractivity contribution < 1.29 is 18.3 Å². The van der Waals surface area contributed by atoms with Gasteiger partial charge in [-0.2, -0.15) is 0 Å². The van der Waals surface area contributed by atoms with Crippen LogP contribution in [0.5, 0.6) is 5.75 Å². The number of sulfonamides is 1. The Bertz CT molecular complexity index is 599. The summed E-state index contributed by atoms with van der Waals surface area (Å²) in [6.45, 7) is 0.686. The van der Waals surface area contributed by atoms with Crippen molar-refractivity contribution in [3.8, 4) is 5.75 Å². The predicted molar refractivity (Wildman–Crippen MR) is 74.2 cm³/mol. The fourth-order valence-electron chi connectivity index (χ4n) is 2.85. The molecule has 0 bridgehead atoms. The van der Waals surface area contributed by atoms with Crippen LogP contribution in [0.4, 0.5) is 0 Å². The van der Waals surface area contributed by atoms with Crippen LogP contribution in [0.3, 0.4) is 0 Å². The smallest absolute Gasteiger partial charge is 0.240 e. The molecular formula is C14H19NO4S. The number of nitrogens with one attached hydrogen (secondary N) is 1. The van der Waals surface area contributed by atoms with Crippen molar-refractivity contribution >= 4 is 10.0 Å². The van der Waals surface area contributed by atoms with Gasteiger partial charge in [-0.3, -0.25) is 0 Å². The highest BCUT2D eigenvalue weighted by Gasteiger charge is 2.30. The molecule has 1 aromatic carbocycles. The zero-order valence-electron chi connectivity index (χ0n) is 11.2. The molecule has 110 valence electrons. The van der Waals surface area contributed by atoms with Gasteiger partial charge in [-0.15, -0.1) is 0 Å². The quantitative estimate of drug-likeness (QED) is 0.879. The lowest BCUT2D eigenvalue weighted by Gasteiger charge is -2.20. The van der Waals surface area contributed by atoms with Gasteiger partial charge in [0.25, 0.3) is 0 Å². The maximum atomic E-state index is 12.4. The summed E-state index contributed by atoms with van der Waals surface area (Å²) in [5.41, 5.74) is 0.936. The fraction of sp³-hybridized carbons (Fsp3) is 0.571. The van der Waals surface area contributed by atoms with E-state index in [4.69, 9.17) is 4.74 Å². The van der Waals surface area contributed by atoms with Crippen LogP contribution in [0.15, 0.2) is 23.1 Å². The van der Waals surface area contributed by atoms with Crippen LogP contribution in [0, 0.1) is 0 Å². The second-order valence-electron chi connectivity index (χ2n) is 5.45. The van der Waals surface area contributed by atoms with Crippen LogP contribution in [-0.2, 0) is 16.4 Å². The molecule has 1 fully saturated rings. The van der Waals surface area contributed by atoms with E-state index in [0.717, 1.165) is 30.6 Å². The summed E-state index contributed by atoms with van der Waals surface area (Å²) in [7, 11) is -3.58. The van der Waals surface area contributed by atoms with E-state index in [1.54, 1.807) is 18.2 Å². The third-order valence-electron chi connectivity index (χ3n) is 3.98. The Kier molecular flexibility index (Phi) is 3.70. The first-order valence-electron chi connectivity index (χ1n) is 7.02. The second kappa shape index (κ2) is 5.35. The van der Waals surface area contributed by atoms with E-state index < -0.39 is 16.1 Å². The molecule has 0 unspecified atom stereocenters.